The van der Waals surface area contributed by atoms with E-state index in [4.69, 9.17) is 0 Å². The Labute approximate surface area is 80.7 Å². The molecule has 0 bridgehead atoms. The standard InChI is InChI=1S/C8H5BrF4/c9-6-2-1-4(7(10)11)3-5(6)8(12)13/h1-3,7-8H. The Bertz CT molecular complexity index is 298. The van der Waals surface area contributed by atoms with Gasteiger partial charge in [-0.25, -0.2) is 17.6 Å². The van der Waals surface area contributed by atoms with Crippen LogP contribution in [0.25, 0.3) is 0 Å². The Hall–Kier alpha value is -0.580. The van der Waals surface area contributed by atoms with Gasteiger partial charge in [0.1, 0.15) is 0 Å². The van der Waals surface area contributed by atoms with Crippen LogP contribution in [0.5, 0.6) is 0 Å². The van der Waals surface area contributed by atoms with E-state index >= 15 is 0 Å². The third-order valence-corrected chi connectivity index (χ3v) is 2.23. The molecule has 0 aliphatic heterocycles. The van der Waals surface area contributed by atoms with Crippen molar-refractivity contribution in [3.05, 3.63) is 33.8 Å². The van der Waals surface area contributed by atoms with Crippen LogP contribution >= 0.6 is 15.9 Å². The molecular formula is C8H5BrF4. The zero-order valence-electron chi connectivity index (χ0n) is 6.28. The SMILES string of the molecule is FC(F)c1ccc(Br)c(C(F)F)c1. The van der Waals surface area contributed by atoms with Crippen molar-refractivity contribution in [2.24, 2.45) is 0 Å². The summed E-state index contributed by atoms with van der Waals surface area (Å²) in [6, 6.07) is 3.11. The predicted molar refractivity (Wildman–Crippen MR) is 44.1 cm³/mol. The third kappa shape index (κ3) is 2.43. The number of hydrogen-bond acceptors (Lipinski definition) is 0. The van der Waals surface area contributed by atoms with Crippen molar-refractivity contribution in [1.82, 2.24) is 0 Å². The van der Waals surface area contributed by atoms with Gasteiger partial charge in [0.05, 0.1) is 0 Å². The van der Waals surface area contributed by atoms with Crippen LogP contribution in [0.2, 0.25) is 0 Å². The average molecular weight is 257 g/mol. The van der Waals surface area contributed by atoms with Gasteiger partial charge in [-0.1, -0.05) is 22.0 Å². The highest BCUT2D eigenvalue weighted by Gasteiger charge is 2.15. The zero-order chi connectivity index (χ0) is 10.0. The Kier molecular flexibility index (Phi) is 3.30. The quantitative estimate of drug-likeness (QED) is 0.692. The molecule has 0 amide bonds. The van der Waals surface area contributed by atoms with Crippen LogP contribution in [0.3, 0.4) is 0 Å². The van der Waals surface area contributed by atoms with Gasteiger partial charge in [-0.15, -0.1) is 0 Å². The van der Waals surface area contributed by atoms with E-state index in [1.165, 1.54) is 6.07 Å². The summed E-state index contributed by atoms with van der Waals surface area (Å²) in [5.41, 5.74) is -0.795. The van der Waals surface area contributed by atoms with Crippen LogP contribution in [0.1, 0.15) is 24.0 Å². The molecule has 1 aromatic carbocycles. The first-order valence-electron chi connectivity index (χ1n) is 3.38. The second-order valence-corrected chi connectivity index (χ2v) is 3.24. The van der Waals surface area contributed by atoms with Crippen molar-refractivity contribution in [3.8, 4) is 0 Å². The van der Waals surface area contributed by atoms with Gasteiger partial charge in [-0.05, 0) is 12.1 Å². The molecule has 72 valence electrons. The lowest BCUT2D eigenvalue weighted by Gasteiger charge is -2.05. The van der Waals surface area contributed by atoms with Crippen LogP contribution in [0.4, 0.5) is 17.6 Å². The summed E-state index contributed by atoms with van der Waals surface area (Å²) in [4.78, 5) is 0. The van der Waals surface area contributed by atoms with Gasteiger partial charge in [0.25, 0.3) is 12.9 Å². The van der Waals surface area contributed by atoms with Crippen molar-refractivity contribution in [3.63, 3.8) is 0 Å². The topological polar surface area (TPSA) is 0 Å². The van der Waals surface area contributed by atoms with Crippen LogP contribution in [0, 0.1) is 0 Å². The van der Waals surface area contributed by atoms with Crippen LogP contribution in [-0.2, 0) is 0 Å². The molecule has 0 saturated heterocycles. The van der Waals surface area contributed by atoms with E-state index in [9.17, 15) is 17.6 Å². The fraction of sp³-hybridized carbons (Fsp3) is 0.250. The maximum absolute atomic E-state index is 12.2. The lowest BCUT2D eigenvalue weighted by atomic mass is 10.1. The van der Waals surface area contributed by atoms with Crippen LogP contribution in [-0.4, -0.2) is 0 Å². The van der Waals surface area contributed by atoms with Gasteiger partial charge >= 0.3 is 0 Å². The molecule has 0 spiro atoms. The molecule has 13 heavy (non-hydrogen) atoms. The van der Waals surface area contributed by atoms with E-state index in [1.807, 2.05) is 0 Å². The van der Waals surface area contributed by atoms with E-state index in [-0.39, 0.29) is 4.47 Å². The minimum atomic E-state index is -2.74. The molecule has 0 aliphatic carbocycles. The molecule has 0 atom stereocenters. The Balaban J connectivity index is 3.11. The highest BCUT2D eigenvalue weighted by atomic mass is 79.9. The molecule has 0 nitrogen and oxygen atoms in total. The van der Waals surface area contributed by atoms with Gasteiger partial charge in [0.15, 0.2) is 0 Å². The van der Waals surface area contributed by atoms with Crippen molar-refractivity contribution in [1.29, 1.82) is 0 Å². The minimum Gasteiger partial charge on any atom is -0.205 e. The van der Waals surface area contributed by atoms with Crippen molar-refractivity contribution >= 4 is 15.9 Å². The summed E-state index contributed by atoms with van der Waals surface area (Å²) < 4.78 is 48.7. The van der Waals surface area contributed by atoms with E-state index < -0.39 is 24.0 Å². The number of alkyl halides is 4. The first-order chi connectivity index (χ1) is 6.02. The monoisotopic (exact) mass is 256 g/mol. The molecule has 0 saturated carbocycles. The van der Waals surface area contributed by atoms with Crippen LogP contribution in [0.15, 0.2) is 22.7 Å². The number of rotatable bonds is 2. The highest BCUT2D eigenvalue weighted by Crippen LogP contribution is 2.31. The number of hydrogen-bond donors (Lipinski definition) is 0. The average Bonchev–Trinajstić information content (AvgIpc) is 2.04. The third-order valence-electron chi connectivity index (χ3n) is 1.51. The van der Waals surface area contributed by atoms with Crippen molar-refractivity contribution < 1.29 is 17.6 Å². The van der Waals surface area contributed by atoms with E-state index in [2.05, 4.69) is 15.9 Å². The van der Waals surface area contributed by atoms with Crippen molar-refractivity contribution in [2.75, 3.05) is 0 Å². The van der Waals surface area contributed by atoms with Gasteiger partial charge in [-0.2, -0.15) is 0 Å². The minimum absolute atomic E-state index is 0.145. The predicted octanol–water partition coefficient (Wildman–Crippen LogP) is 4.32. The molecule has 0 N–H and O–H groups in total. The zero-order valence-corrected chi connectivity index (χ0v) is 7.86. The molecule has 1 aromatic rings. The van der Waals surface area contributed by atoms with E-state index in [0.29, 0.717) is 0 Å². The summed E-state index contributed by atoms with van der Waals surface area (Å²) in [5, 5.41) is 0. The summed E-state index contributed by atoms with van der Waals surface area (Å²) in [6.07, 6.45) is -5.46. The first-order valence-corrected chi connectivity index (χ1v) is 4.17. The molecule has 1 rings (SSSR count). The van der Waals surface area contributed by atoms with E-state index in [0.717, 1.165) is 12.1 Å². The second-order valence-electron chi connectivity index (χ2n) is 2.38. The largest absolute Gasteiger partial charge is 0.264 e. The van der Waals surface area contributed by atoms with E-state index in [1.54, 1.807) is 0 Å². The highest BCUT2D eigenvalue weighted by molar-refractivity contribution is 9.10. The lowest BCUT2D eigenvalue weighted by Crippen LogP contribution is -1.90. The second kappa shape index (κ2) is 4.09. The van der Waals surface area contributed by atoms with Gasteiger partial charge in [0, 0.05) is 15.6 Å². The number of halogens is 5. The normalized spacial score (nSPS) is 11.3. The fourth-order valence-corrected chi connectivity index (χ4v) is 1.28. The Morgan fingerprint density at radius 2 is 1.62 bits per heavy atom. The van der Waals surface area contributed by atoms with Gasteiger partial charge < -0.3 is 0 Å². The summed E-state index contributed by atoms with van der Waals surface area (Å²) in [7, 11) is 0. The maximum Gasteiger partial charge on any atom is 0.264 e. The fourth-order valence-electron chi connectivity index (χ4n) is 0.865. The molecule has 0 aliphatic rings. The smallest absolute Gasteiger partial charge is 0.205 e. The summed E-state index contributed by atoms with van der Waals surface area (Å²) in [6.45, 7) is 0. The molecule has 0 fully saturated rings. The maximum atomic E-state index is 12.2. The molecule has 0 heterocycles. The van der Waals surface area contributed by atoms with Crippen molar-refractivity contribution in [2.45, 2.75) is 12.9 Å². The summed E-state index contributed by atoms with van der Waals surface area (Å²) >= 11 is 2.86. The lowest BCUT2D eigenvalue weighted by molar-refractivity contribution is 0.143. The van der Waals surface area contributed by atoms with Crippen LogP contribution < -0.4 is 0 Å². The molecule has 0 aromatic heterocycles. The molecule has 0 radical (unpaired) electrons. The van der Waals surface area contributed by atoms with Gasteiger partial charge in [-0.3, -0.25) is 0 Å². The Morgan fingerprint density at radius 1 is 1.00 bits per heavy atom. The first kappa shape index (κ1) is 10.5. The molecular weight excluding hydrogens is 252 g/mol. The Morgan fingerprint density at radius 3 is 2.08 bits per heavy atom. The number of benzene rings is 1. The molecule has 0 unspecified atom stereocenters. The molecule has 5 heteroatoms. The summed E-state index contributed by atoms with van der Waals surface area (Å²) in [5.74, 6) is 0. The van der Waals surface area contributed by atoms with Gasteiger partial charge in [0.2, 0.25) is 0 Å².